The van der Waals surface area contributed by atoms with Gasteiger partial charge < -0.3 is 15.0 Å². The van der Waals surface area contributed by atoms with Gasteiger partial charge in [-0.25, -0.2) is 0 Å². The largest absolute Gasteiger partial charge is 0.376 e. The maximum absolute atomic E-state index is 5.68. The van der Waals surface area contributed by atoms with Crippen molar-refractivity contribution in [3.8, 4) is 0 Å². The molecule has 3 nitrogen and oxygen atoms in total. The lowest BCUT2D eigenvalue weighted by Crippen LogP contribution is -2.36. The monoisotopic (exact) mass is 290 g/mol. The minimum absolute atomic E-state index is 0.323. The van der Waals surface area contributed by atoms with Crippen molar-refractivity contribution in [2.75, 3.05) is 25.1 Å². The number of nitrogens with zero attached hydrogens (tertiary/aromatic N) is 1. The van der Waals surface area contributed by atoms with Gasteiger partial charge in [0.15, 0.2) is 0 Å². The van der Waals surface area contributed by atoms with Gasteiger partial charge >= 0.3 is 0 Å². The van der Waals surface area contributed by atoms with Crippen LogP contribution < -0.4 is 10.2 Å². The molecule has 118 valence electrons. The zero-order chi connectivity index (χ0) is 15.2. The molecule has 0 spiro atoms. The van der Waals surface area contributed by atoms with Crippen molar-refractivity contribution >= 4 is 5.69 Å². The van der Waals surface area contributed by atoms with Crippen LogP contribution in [0.2, 0.25) is 0 Å². The van der Waals surface area contributed by atoms with E-state index in [-0.39, 0.29) is 0 Å². The molecule has 21 heavy (non-hydrogen) atoms. The van der Waals surface area contributed by atoms with E-state index in [9.17, 15) is 0 Å². The second-order valence-electron chi connectivity index (χ2n) is 6.05. The summed E-state index contributed by atoms with van der Waals surface area (Å²) in [7, 11) is 2.18. The van der Waals surface area contributed by atoms with Crippen molar-refractivity contribution in [3.63, 3.8) is 0 Å². The molecule has 2 rings (SSSR count). The van der Waals surface area contributed by atoms with Crippen molar-refractivity contribution < 1.29 is 4.74 Å². The summed E-state index contributed by atoms with van der Waals surface area (Å²) in [5, 5.41) is 3.61. The fourth-order valence-electron chi connectivity index (χ4n) is 3.18. The first-order valence-electron chi connectivity index (χ1n) is 8.35. The number of benzene rings is 1. The predicted molar refractivity (Wildman–Crippen MR) is 90.0 cm³/mol. The third-order valence-electron chi connectivity index (χ3n) is 4.59. The Balaban J connectivity index is 2.03. The molecule has 0 saturated carbocycles. The number of nitrogens with one attached hydrogen (secondary N) is 1. The van der Waals surface area contributed by atoms with Crippen LogP contribution in [0.25, 0.3) is 0 Å². The topological polar surface area (TPSA) is 24.5 Å². The summed E-state index contributed by atoms with van der Waals surface area (Å²) in [6.45, 7) is 8.59. The SMILES string of the molecule is CCCNC(CC)c1ccc(N(C)C2CCOC2C)cc1. The molecule has 0 radical (unpaired) electrons. The summed E-state index contributed by atoms with van der Waals surface area (Å²) in [6.07, 6.45) is 3.75. The van der Waals surface area contributed by atoms with Gasteiger partial charge in [-0.1, -0.05) is 26.0 Å². The lowest BCUT2D eigenvalue weighted by atomic mass is 10.0. The van der Waals surface area contributed by atoms with E-state index >= 15 is 0 Å². The molecule has 1 heterocycles. The fraction of sp³-hybridized carbons (Fsp3) is 0.667. The minimum atomic E-state index is 0.323. The highest BCUT2D eigenvalue weighted by molar-refractivity contribution is 5.48. The standard InChI is InChI=1S/C18H30N2O/c1-5-12-19-17(6-2)15-7-9-16(10-8-15)20(4)18-11-13-21-14(18)3/h7-10,14,17-19H,5-6,11-13H2,1-4H3. The van der Waals surface area contributed by atoms with Gasteiger partial charge in [-0.2, -0.15) is 0 Å². The van der Waals surface area contributed by atoms with E-state index in [1.54, 1.807) is 0 Å². The van der Waals surface area contributed by atoms with Gasteiger partial charge in [0, 0.05) is 25.4 Å². The van der Waals surface area contributed by atoms with Gasteiger partial charge in [0.25, 0.3) is 0 Å². The van der Waals surface area contributed by atoms with Crippen molar-refractivity contribution in [2.45, 2.75) is 58.2 Å². The number of ether oxygens (including phenoxy) is 1. The Kier molecular flexibility index (Phi) is 6.07. The average Bonchev–Trinajstić information content (AvgIpc) is 2.94. The van der Waals surface area contributed by atoms with Crippen LogP contribution in [-0.2, 0) is 4.74 Å². The van der Waals surface area contributed by atoms with Crippen molar-refractivity contribution in [1.29, 1.82) is 0 Å². The summed E-state index contributed by atoms with van der Waals surface area (Å²) >= 11 is 0. The molecule has 0 amide bonds. The first-order valence-corrected chi connectivity index (χ1v) is 8.35. The van der Waals surface area contributed by atoms with Crippen LogP contribution in [0.1, 0.15) is 51.6 Å². The Morgan fingerprint density at radius 2 is 2.00 bits per heavy atom. The van der Waals surface area contributed by atoms with Gasteiger partial charge in [-0.15, -0.1) is 0 Å². The smallest absolute Gasteiger partial charge is 0.0750 e. The second-order valence-corrected chi connectivity index (χ2v) is 6.05. The number of anilines is 1. The first-order chi connectivity index (χ1) is 10.2. The molecule has 1 aromatic rings. The van der Waals surface area contributed by atoms with E-state index in [0.29, 0.717) is 18.2 Å². The van der Waals surface area contributed by atoms with Gasteiger partial charge in [-0.05, 0) is 50.4 Å². The number of rotatable bonds is 7. The summed E-state index contributed by atoms with van der Waals surface area (Å²) < 4.78 is 5.68. The van der Waals surface area contributed by atoms with E-state index in [4.69, 9.17) is 4.74 Å². The van der Waals surface area contributed by atoms with Gasteiger partial charge in [-0.3, -0.25) is 0 Å². The lowest BCUT2D eigenvalue weighted by molar-refractivity contribution is 0.118. The van der Waals surface area contributed by atoms with Crippen LogP contribution in [0, 0.1) is 0 Å². The number of hydrogen-bond donors (Lipinski definition) is 1. The second kappa shape index (κ2) is 7.81. The maximum atomic E-state index is 5.68. The van der Waals surface area contributed by atoms with Gasteiger partial charge in [0.2, 0.25) is 0 Å². The third kappa shape index (κ3) is 3.98. The third-order valence-corrected chi connectivity index (χ3v) is 4.59. The summed E-state index contributed by atoms with van der Waals surface area (Å²) in [6, 6.07) is 9.99. The predicted octanol–water partition coefficient (Wildman–Crippen LogP) is 3.75. The maximum Gasteiger partial charge on any atom is 0.0750 e. The van der Waals surface area contributed by atoms with E-state index in [2.05, 4.69) is 62.3 Å². The van der Waals surface area contributed by atoms with Crippen molar-refractivity contribution in [2.24, 2.45) is 0 Å². The quantitative estimate of drug-likeness (QED) is 0.827. The highest BCUT2D eigenvalue weighted by atomic mass is 16.5. The molecule has 1 aliphatic heterocycles. The Morgan fingerprint density at radius 1 is 1.29 bits per heavy atom. The molecule has 1 fully saturated rings. The normalized spacial score (nSPS) is 23.2. The fourth-order valence-corrected chi connectivity index (χ4v) is 3.18. The molecule has 3 atom stereocenters. The molecule has 1 saturated heterocycles. The Bertz CT molecular complexity index is 418. The van der Waals surface area contributed by atoms with Crippen LogP contribution >= 0.6 is 0 Å². The Morgan fingerprint density at radius 3 is 2.52 bits per heavy atom. The minimum Gasteiger partial charge on any atom is -0.376 e. The summed E-state index contributed by atoms with van der Waals surface area (Å²) in [5.41, 5.74) is 2.67. The van der Waals surface area contributed by atoms with E-state index < -0.39 is 0 Å². The average molecular weight is 290 g/mol. The Hall–Kier alpha value is -1.06. The van der Waals surface area contributed by atoms with Crippen molar-refractivity contribution in [3.05, 3.63) is 29.8 Å². The molecule has 3 heteroatoms. The highest BCUT2D eigenvalue weighted by Crippen LogP contribution is 2.26. The summed E-state index contributed by atoms with van der Waals surface area (Å²) in [4.78, 5) is 2.36. The molecule has 0 aliphatic carbocycles. The van der Waals surface area contributed by atoms with Crippen molar-refractivity contribution in [1.82, 2.24) is 5.32 Å². The van der Waals surface area contributed by atoms with Crippen LogP contribution in [-0.4, -0.2) is 32.3 Å². The zero-order valence-electron chi connectivity index (χ0n) is 13.9. The molecule has 1 N–H and O–H groups in total. The molecular weight excluding hydrogens is 260 g/mol. The number of likely N-dealkylation sites (N-methyl/N-ethyl adjacent to an activating group) is 1. The van der Waals surface area contributed by atoms with Gasteiger partial charge in [0.05, 0.1) is 12.1 Å². The van der Waals surface area contributed by atoms with E-state index in [0.717, 1.165) is 26.0 Å². The Labute approximate surface area is 129 Å². The molecule has 1 aliphatic rings. The lowest BCUT2D eigenvalue weighted by Gasteiger charge is -2.29. The molecule has 0 aromatic heterocycles. The zero-order valence-corrected chi connectivity index (χ0v) is 13.9. The molecule has 3 unspecified atom stereocenters. The number of hydrogen-bond acceptors (Lipinski definition) is 3. The summed E-state index contributed by atoms with van der Waals surface area (Å²) in [5.74, 6) is 0. The van der Waals surface area contributed by atoms with E-state index in [1.807, 2.05) is 0 Å². The molecule has 1 aromatic carbocycles. The van der Waals surface area contributed by atoms with Crippen LogP contribution in [0.15, 0.2) is 24.3 Å². The first kappa shape index (κ1) is 16.3. The highest BCUT2D eigenvalue weighted by Gasteiger charge is 2.28. The van der Waals surface area contributed by atoms with Crippen LogP contribution in [0.5, 0.6) is 0 Å². The molecular formula is C18H30N2O. The van der Waals surface area contributed by atoms with E-state index in [1.165, 1.54) is 17.7 Å². The van der Waals surface area contributed by atoms with Gasteiger partial charge in [0.1, 0.15) is 0 Å². The molecule has 0 bridgehead atoms. The van der Waals surface area contributed by atoms with Crippen LogP contribution in [0.4, 0.5) is 5.69 Å². The van der Waals surface area contributed by atoms with Crippen LogP contribution in [0.3, 0.4) is 0 Å².